The Bertz CT molecular complexity index is 351. The first-order valence-electron chi connectivity index (χ1n) is 6.97. The zero-order valence-corrected chi connectivity index (χ0v) is 11.3. The van der Waals surface area contributed by atoms with Crippen molar-refractivity contribution in [1.29, 1.82) is 0 Å². The predicted octanol–water partition coefficient (Wildman–Crippen LogP) is 2.28. The summed E-state index contributed by atoms with van der Waals surface area (Å²) in [4.78, 5) is 25.5. The normalized spacial score (nSPS) is 31.3. The molecule has 102 valence electrons. The molecule has 0 aromatic heterocycles. The number of carboxylic acid groups (broad SMARTS) is 1. The van der Waals surface area contributed by atoms with Gasteiger partial charge in [-0.2, -0.15) is 0 Å². The van der Waals surface area contributed by atoms with Crippen LogP contribution in [0, 0.1) is 11.3 Å². The lowest BCUT2D eigenvalue weighted by Crippen LogP contribution is -2.51. The van der Waals surface area contributed by atoms with Gasteiger partial charge in [0.2, 0.25) is 5.91 Å². The Morgan fingerprint density at radius 2 is 1.89 bits per heavy atom. The number of nitrogens with zero attached hydrogens (tertiary/aromatic N) is 1. The lowest BCUT2D eigenvalue weighted by molar-refractivity contribution is -0.155. The van der Waals surface area contributed by atoms with Crippen molar-refractivity contribution >= 4 is 11.9 Å². The van der Waals surface area contributed by atoms with Gasteiger partial charge in [-0.05, 0) is 37.5 Å². The molecule has 4 heteroatoms. The molecule has 0 spiro atoms. The molecule has 2 unspecified atom stereocenters. The molecule has 1 aliphatic carbocycles. The van der Waals surface area contributed by atoms with Crippen LogP contribution in [0.25, 0.3) is 0 Å². The molecule has 2 rings (SSSR count). The van der Waals surface area contributed by atoms with Crippen molar-refractivity contribution < 1.29 is 14.7 Å². The van der Waals surface area contributed by atoms with E-state index in [9.17, 15) is 14.7 Å². The van der Waals surface area contributed by atoms with Gasteiger partial charge in [-0.1, -0.05) is 20.3 Å². The number of hydrogen-bond acceptors (Lipinski definition) is 2. The molecule has 1 saturated carbocycles. The van der Waals surface area contributed by atoms with Gasteiger partial charge < -0.3 is 10.0 Å². The summed E-state index contributed by atoms with van der Waals surface area (Å²) in [7, 11) is 0. The van der Waals surface area contributed by atoms with Crippen LogP contribution in [-0.4, -0.2) is 34.5 Å². The van der Waals surface area contributed by atoms with Crippen molar-refractivity contribution in [3.63, 3.8) is 0 Å². The number of rotatable bonds is 2. The summed E-state index contributed by atoms with van der Waals surface area (Å²) in [6.07, 6.45) is 5.50. The van der Waals surface area contributed by atoms with Crippen LogP contribution in [0.1, 0.15) is 52.4 Å². The molecule has 2 aliphatic rings. The second kappa shape index (κ2) is 4.90. The van der Waals surface area contributed by atoms with Crippen molar-refractivity contribution in [2.24, 2.45) is 11.3 Å². The largest absolute Gasteiger partial charge is 0.480 e. The van der Waals surface area contributed by atoms with Crippen LogP contribution < -0.4 is 0 Å². The van der Waals surface area contributed by atoms with Gasteiger partial charge in [0.15, 0.2) is 0 Å². The maximum atomic E-state index is 12.6. The first-order valence-corrected chi connectivity index (χ1v) is 6.97. The van der Waals surface area contributed by atoms with Gasteiger partial charge >= 0.3 is 5.97 Å². The molecular formula is C14H23NO3. The first-order chi connectivity index (χ1) is 8.43. The van der Waals surface area contributed by atoms with Crippen LogP contribution in [0.15, 0.2) is 0 Å². The van der Waals surface area contributed by atoms with E-state index in [2.05, 4.69) is 13.8 Å². The summed E-state index contributed by atoms with van der Waals surface area (Å²) in [6, 6.07) is -0.595. The molecule has 1 amide bonds. The van der Waals surface area contributed by atoms with Gasteiger partial charge in [0.1, 0.15) is 6.04 Å². The molecule has 1 aliphatic heterocycles. The Hall–Kier alpha value is -1.06. The third-order valence-corrected chi connectivity index (χ3v) is 4.63. The number of amides is 1. The van der Waals surface area contributed by atoms with Gasteiger partial charge in [-0.3, -0.25) is 4.79 Å². The molecule has 0 aromatic rings. The third kappa shape index (κ3) is 2.38. The van der Waals surface area contributed by atoms with Crippen molar-refractivity contribution in [2.45, 2.75) is 58.4 Å². The average Bonchev–Trinajstić information content (AvgIpc) is 2.68. The van der Waals surface area contributed by atoms with Gasteiger partial charge in [0.05, 0.1) is 0 Å². The summed E-state index contributed by atoms with van der Waals surface area (Å²) in [5.74, 6) is -0.763. The highest BCUT2D eigenvalue weighted by Gasteiger charge is 2.44. The fraction of sp³-hybridized carbons (Fsp3) is 0.857. The Morgan fingerprint density at radius 3 is 2.44 bits per heavy atom. The smallest absolute Gasteiger partial charge is 0.326 e. The van der Waals surface area contributed by atoms with E-state index in [0.717, 1.165) is 32.1 Å². The van der Waals surface area contributed by atoms with Crippen LogP contribution in [0.4, 0.5) is 0 Å². The van der Waals surface area contributed by atoms with Crippen molar-refractivity contribution in [3.05, 3.63) is 0 Å². The third-order valence-electron chi connectivity index (χ3n) is 4.63. The number of carbonyl (C=O) groups excluding carboxylic acids is 1. The van der Waals surface area contributed by atoms with E-state index in [1.807, 2.05) is 0 Å². The Balaban J connectivity index is 2.13. The van der Waals surface area contributed by atoms with Crippen molar-refractivity contribution in [1.82, 2.24) is 4.90 Å². The summed E-state index contributed by atoms with van der Waals surface area (Å²) in [5, 5.41) is 9.24. The van der Waals surface area contributed by atoms with Crippen LogP contribution >= 0.6 is 0 Å². The van der Waals surface area contributed by atoms with E-state index in [1.54, 1.807) is 4.90 Å². The number of carboxylic acids is 1. The second-order valence-corrected chi connectivity index (χ2v) is 6.31. The molecule has 2 fully saturated rings. The number of likely N-dealkylation sites (tertiary alicyclic amines) is 1. The summed E-state index contributed by atoms with van der Waals surface area (Å²) >= 11 is 0. The maximum absolute atomic E-state index is 12.6. The highest BCUT2D eigenvalue weighted by molar-refractivity contribution is 5.86. The highest BCUT2D eigenvalue weighted by atomic mass is 16.4. The number of aliphatic carboxylic acids is 1. The molecule has 0 bridgehead atoms. The molecule has 0 radical (unpaired) electrons. The van der Waals surface area contributed by atoms with Crippen molar-refractivity contribution in [3.8, 4) is 0 Å². The zero-order chi connectivity index (χ0) is 13.3. The quantitative estimate of drug-likeness (QED) is 0.821. The molecule has 18 heavy (non-hydrogen) atoms. The van der Waals surface area contributed by atoms with E-state index in [-0.39, 0.29) is 17.2 Å². The molecule has 2 atom stereocenters. The average molecular weight is 253 g/mol. The minimum Gasteiger partial charge on any atom is -0.480 e. The summed E-state index contributed by atoms with van der Waals surface area (Å²) < 4.78 is 0. The fourth-order valence-corrected chi connectivity index (χ4v) is 3.44. The van der Waals surface area contributed by atoms with E-state index >= 15 is 0 Å². The van der Waals surface area contributed by atoms with Gasteiger partial charge in [-0.15, -0.1) is 0 Å². The Kier molecular flexibility index (Phi) is 3.64. The van der Waals surface area contributed by atoms with E-state index in [4.69, 9.17) is 0 Å². The molecule has 1 saturated heterocycles. The van der Waals surface area contributed by atoms with Gasteiger partial charge in [0, 0.05) is 12.5 Å². The molecule has 1 heterocycles. The minimum atomic E-state index is -0.848. The maximum Gasteiger partial charge on any atom is 0.326 e. The lowest BCUT2D eigenvalue weighted by atomic mass is 9.80. The second-order valence-electron chi connectivity index (χ2n) is 6.31. The van der Waals surface area contributed by atoms with Crippen LogP contribution in [0.2, 0.25) is 0 Å². The zero-order valence-electron chi connectivity index (χ0n) is 11.3. The van der Waals surface area contributed by atoms with Crippen LogP contribution in [0.3, 0.4) is 0 Å². The van der Waals surface area contributed by atoms with E-state index in [0.29, 0.717) is 13.0 Å². The van der Waals surface area contributed by atoms with E-state index < -0.39 is 12.0 Å². The molecule has 4 nitrogen and oxygen atoms in total. The molecular weight excluding hydrogens is 230 g/mol. The fourth-order valence-electron chi connectivity index (χ4n) is 3.44. The van der Waals surface area contributed by atoms with Crippen molar-refractivity contribution in [2.75, 3.05) is 6.54 Å². The number of carbonyl (C=O) groups is 2. The topological polar surface area (TPSA) is 57.6 Å². The monoisotopic (exact) mass is 253 g/mol. The summed E-state index contributed by atoms with van der Waals surface area (Å²) in [5.41, 5.74) is 0.0254. The van der Waals surface area contributed by atoms with Gasteiger partial charge in [-0.25, -0.2) is 4.79 Å². The standard InChI is InChI=1S/C14H23NO3/c1-14(2)8-5-6-10(14)12(16)15-9-4-3-7-11(15)13(17)18/h10-11H,3-9H2,1-2H3,(H,17,18). The highest BCUT2D eigenvalue weighted by Crippen LogP contribution is 2.44. The summed E-state index contributed by atoms with van der Waals surface area (Å²) in [6.45, 7) is 4.87. The molecule has 1 N–H and O–H groups in total. The van der Waals surface area contributed by atoms with Gasteiger partial charge in [0.25, 0.3) is 0 Å². The van der Waals surface area contributed by atoms with E-state index in [1.165, 1.54) is 0 Å². The minimum absolute atomic E-state index is 0.0115. The number of piperidine rings is 1. The number of hydrogen-bond donors (Lipinski definition) is 1. The van der Waals surface area contributed by atoms with Crippen LogP contribution in [0.5, 0.6) is 0 Å². The molecule has 0 aromatic carbocycles. The van der Waals surface area contributed by atoms with Crippen LogP contribution in [-0.2, 0) is 9.59 Å². The SMILES string of the molecule is CC1(C)CCCC1C(=O)N1CCCCC1C(=O)O. The Labute approximate surface area is 108 Å². The predicted molar refractivity (Wildman–Crippen MR) is 68.1 cm³/mol. The lowest BCUT2D eigenvalue weighted by Gasteiger charge is -2.37. The first kappa shape index (κ1) is 13.4. The Morgan fingerprint density at radius 1 is 1.17 bits per heavy atom.